The summed E-state index contributed by atoms with van der Waals surface area (Å²) in [5.74, 6) is 0. The van der Waals surface area contributed by atoms with E-state index in [4.69, 9.17) is 0 Å². The Morgan fingerprint density at radius 2 is 2.45 bits per heavy atom. The van der Waals surface area contributed by atoms with Gasteiger partial charge in [-0.2, -0.15) is 0 Å². The molecule has 58 valence electrons. The zero-order valence-corrected chi connectivity index (χ0v) is 6.88. The lowest BCUT2D eigenvalue weighted by atomic mass is 10.2. The van der Waals surface area contributed by atoms with Crippen molar-refractivity contribution in [1.29, 1.82) is 0 Å². The zero-order chi connectivity index (χ0) is 7.84. The lowest BCUT2D eigenvalue weighted by Crippen LogP contribution is -2.24. The van der Waals surface area contributed by atoms with Gasteiger partial charge >= 0.3 is 0 Å². The molecule has 1 heteroatoms. The summed E-state index contributed by atoms with van der Waals surface area (Å²) in [4.78, 5) is 2.33. The molecule has 1 saturated heterocycles. The van der Waals surface area contributed by atoms with Gasteiger partial charge in [-0.25, -0.2) is 0 Å². The largest absolute Gasteiger partial charge is 0.343 e. The second-order valence-corrected chi connectivity index (χ2v) is 3.27. The van der Waals surface area contributed by atoms with Crippen LogP contribution in [0.1, 0.15) is 19.8 Å². The van der Waals surface area contributed by atoms with E-state index in [1.54, 1.807) is 0 Å². The van der Waals surface area contributed by atoms with Gasteiger partial charge in [-0.3, -0.25) is 0 Å². The fourth-order valence-electron chi connectivity index (χ4n) is 1.87. The molecule has 2 rings (SSSR count). The van der Waals surface area contributed by atoms with Crippen LogP contribution in [0.3, 0.4) is 0 Å². The molecule has 1 nitrogen and oxygen atoms in total. The summed E-state index contributed by atoms with van der Waals surface area (Å²) in [6.45, 7) is 6.26. The summed E-state index contributed by atoms with van der Waals surface area (Å²) in [5, 5.41) is 0. The molecule has 1 unspecified atom stereocenters. The SMILES string of the molecule is C=C1C=CC=C2CCC(C)N12. The highest BCUT2D eigenvalue weighted by Crippen LogP contribution is 2.32. The Bertz CT molecular complexity index is 248. The van der Waals surface area contributed by atoms with Gasteiger partial charge in [-0.1, -0.05) is 12.7 Å². The number of rotatable bonds is 0. The van der Waals surface area contributed by atoms with Crippen LogP contribution in [0.2, 0.25) is 0 Å². The molecule has 2 heterocycles. The fourth-order valence-corrected chi connectivity index (χ4v) is 1.87. The lowest BCUT2D eigenvalue weighted by molar-refractivity contribution is 0.394. The predicted octanol–water partition coefficient (Wildman–Crippen LogP) is 2.44. The molecule has 2 aliphatic rings. The quantitative estimate of drug-likeness (QED) is 0.508. The topological polar surface area (TPSA) is 3.24 Å². The summed E-state index contributed by atoms with van der Waals surface area (Å²) in [7, 11) is 0. The van der Waals surface area contributed by atoms with Crippen molar-refractivity contribution in [2.24, 2.45) is 0 Å². The Balaban J connectivity index is 2.34. The van der Waals surface area contributed by atoms with Crippen LogP contribution < -0.4 is 0 Å². The smallest absolute Gasteiger partial charge is 0.0337 e. The molecule has 1 fully saturated rings. The van der Waals surface area contributed by atoms with Crippen LogP contribution in [0.25, 0.3) is 0 Å². The predicted molar refractivity (Wildman–Crippen MR) is 46.9 cm³/mol. The summed E-state index contributed by atoms with van der Waals surface area (Å²) >= 11 is 0. The maximum absolute atomic E-state index is 4.01. The van der Waals surface area contributed by atoms with Crippen LogP contribution in [-0.4, -0.2) is 10.9 Å². The van der Waals surface area contributed by atoms with E-state index in [9.17, 15) is 0 Å². The highest BCUT2D eigenvalue weighted by Gasteiger charge is 2.26. The first-order valence-corrected chi connectivity index (χ1v) is 4.14. The van der Waals surface area contributed by atoms with Crippen LogP contribution in [0.4, 0.5) is 0 Å². The molecular weight excluding hydrogens is 134 g/mol. The standard InChI is InChI=1S/C10H13N/c1-8-4-3-5-10-7-6-9(2)11(8)10/h3-5,9H,1,6-7H2,2H3. The third-order valence-electron chi connectivity index (χ3n) is 2.46. The molecular formula is C10H13N. The molecule has 0 amide bonds. The second kappa shape index (κ2) is 2.26. The number of nitrogens with zero attached hydrogens (tertiary/aromatic N) is 1. The van der Waals surface area contributed by atoms with Crippen LogP contribution in [0, 0.1) is 0 Å². The third-order valence-corrected chi connectivity index (χ3v) is 2.46. The summed E-state index contributed by atoms with van der Waals surface area (Å²) < 4.78 is 0. The van der Waals surface area contributed by atoms with Gasteiger partial charge in [0.05, 0.1) is 0 Å². The first-order chi connectivity index (χ1) is 5.29. The average Bonchev–Trinajstić information content (AvgIpc) is 2.34. The molecule has 0 N–H and O–H groups in total. The minimum Gasteiger partial charge on any atom is -0.343 e. The highest BCUT2D eigenvalue weighted by molar-refractivity contribution is 5.33. The number of hydrogen-bond acceptors (Lipinski definition) is 1. The van der Waals surface area contributed by atoms with Crippen molar-refractivity contribution >= 4 is 0 Å². The first-order valence-electron chi connectivity index (χ1n) is 4.14. The van der Waals surface area contributed by atoms with Crippen LogP contribution >= 0.6 is 0 Å². The lowest BCUT2D eigenvalue weighted by Gasteiger charge is -2.27. The van der Waals surface area contributed by atoms with E-state index in [2.05, 4.69) is 36.6 Å². The number of hydrogen-bond donors (Lipinski definition) is 0. The summed E-state index contributed by atoms with van der Waals surface area (Å²) in [6.07, 6.45) is 8.84. The monoisotopic (exact) mass is 147 g/mol. The average molecular weight is 147 g/mol. The Hall–Kier alpha value is -0.980. The Kier molecular flexibility index (Phi) is 1.38. The van der Waals surface area contributed by atoms with Gasteiger partial charge in [-0.15, -0.1) is 0 Å². The van der Waals surface area contributed by atoms with Gasteiger partial charge < -0.3 is 4.90 Å². The van der Waals surface area contributed by atoms with Crippen LogP contribution in [-0.2, 0) is 0 Å². The first kappa shape index (κ1) is 6.71. The van der Waals surface area contributed by atoms with Crippen molar-refractivity contribution in [2.45, 2.75) is 25.8 Å². The maximum Gasteiger partial charge on any atom is 0.0337 e. The molecule has 2 aliphatic heterocycles. The van der Waals surface area contributed by atoms with Crippen molar-refractivity contribution in [3.05, 3.63) is 36.2 Å². The Morgan fingerprint density at radius 1 is 1.64 bits per heavy atom. The third kappa shape index (κ3) is 0.917. The normalized spacial score (nSPS) is 28.8. The van der Waals surface area contributed by atoms with Gasteiger partial charge in [0, 0.05) is 17.4 Å². The molecule has 0 aromatic carbocycles. The van der Waals surface area contributed by atoms with Crippen LogP contribution in [0.5, 0.6) is 0 Å². The summed E-state index contributed by atoms with van der Waals surface area (Å²) in [5.41, 5.74) is 2.58. The van der Waals surface area contributed by atoms with E-state index in [1.165, 1.54) is 18.5 Å². The van der Waals surface area contributed by atoms with E-state index < -0.39 is 0 Å². The van der Waals surface area contributed by atoms with Gasteiger partial charge in [0.15, 0.2) is 0 Å². The zero-order valence-electron chi connectivity index (χ0n) is 6.88. The van der Waals surface area contributed by atoms with Gasteiger partial charge in [0.2, 0.25) is 0 Å². The van der Waals surface area contributed by atoms with E-state index in [-0.39, 0.29) is 0 Å². The van der Waals surface area contributed by atoms with Gasteiger partial charge in [0.25, 0.3) is 0 Å². The molecule has 1 atom stereocenters. The molecule has 0 spiro atoms. The number of allylic oxidation sites excluding steroid dienone is 4. The van der Waals surface area contributed by atoms with Crippen molar-refractivity contribution in [1.82, 2.24) is 4.90 Å². The van der Waals surface area contributed by atoms with E-state index in [0.717, 1.165) is 5.70 Å². The van der Waals surface area contributed by atoms with E-state index in [1.807, 2.05) is 0 Å². The van der Waals surface area contributed by atoms with Crippen molar-refractivity contribution in [3.63, 3.8) is 0 Å². The maximum atomic E-state index is 4.01. The van der Waals surface area contributed by atoms with Gasteiger partial charge in [-0.05, 0) is 31.9 Å². The Morgan fingerprint density at radius 3 is 3.18 bits per heavy atom. The molecule has 11 heavy (non-hydrogen) atoms. The van der Waals surface area contributed by atoms with Crippen molar-refractivity contribution < 1.29 is 0 Å². The summed E-state index contributed by atoms with van der Waals surface area (Å²) in [6, 6.07) is 0.652. The van der Waals surface area contributed by atoms with Crippen molar-refractivity contribution in [2.75, 3.05) is 0 Å². The molecule has 0 saturated carbocycles. The van der Waals surface area contributed by atoms with Crippen molar-refractivity contribution in [3.8, 4) is 0 Å². The van der Waals surface area contributed by atoms with E-state index >= 15 is 0 Å². The molecule has 0 bridgehead atoms. The Labute approximate surface area is 67.7 Å². The van der Waals surface area contributed by atoms with E-state index in [0.29, 0.717) is 6.04 Å². The molecule has 0 aromatic heterocycles. The fraction of sp³-hybridized carbons (Fsp3) is 0.400. The second-order valence-electron chi connectivity index (χ2n) is 3.27. The molecule has 0 aliphatic carbocycles. The molecule has 0 aromatic rings. The van der Waals surface area contributed by atoms with Crippen LogP contribution in [0.15, 0.2) is 36.2 Å². The van der Waals surface area contributed by atoms with Gasteiger partial charge in [0.1, 0.15) is 0 Å². The molecule has 0 radical (unpaired) electrons. The minimum absolute atomic E-state index is 0.652. The number of fused-ring (bicyclic) bond motifs is 1. The minimum atomic E-state index is 0.652. The highest BCUT2D eigenvalue weighted by atomic mass is 15.2.